The van der Waals surface area contributed by atoms with E-state index in [1.54, 1.807) is 0 Å². The molecule has 1 aliphatic rings. The summed E-state index contributed by atoms with van der Waals surface area (Å²) in [5, 5.41) is 0.808. The van der Waals surface area contributed by atoms with Gasteiger partial charge >= 0.3 is 0 Å². The van der Waals surface area contributed by atoms with Crippen molar-refractivity contribution in [1.29, 1.82) is 0 Å². The van der Waals surface area contributed by atoms with Crippen LogP contribution in [0.5, 0.6) is 0 Å². The van der Waals surface area contributed by atoms with Crippen molar-refractivity contribution in [1.82, 2.24) is 4.90 Å². The fourth-order valence-corrected chi connectivity index (χ4v) is 2.62. The van der Waals surface area contributed by atoms with Crippen LogP contribution < -0.4 is 0 Å². The van der Waals surface area contributed by atoms with Crippen LogP contribution in [0.3, 0.4) is 0 Å². The van der Waals surface area contributed by atoms with E-state index in [1.807, 2.05) is 4.90 Å². The van der Waals surface area contributed by atoms with Gasteiger partial charge in [0.1, 0.15) is 0 Å². The van der Waals surface area contributed by atoms with Gasteiger partial charge in [0.05, 0.1) is 12.7 Å². The van der Waals surface area contributed by atoms with E-state index in [-0.39, 0.29) is 12.0 Å². The van der Waals surface area contributed by atoms with Gasteiger partial charge in [-0.3, -0.25) is 4.79 Å². The van der Waals surface area contributed by atoms with Crippen molar-refractivity contribution in [3.05, 3.63) is 0 Å². The average Bonchev–Trinajstić information content (AvgIpc) is 2.39. The van der Waals surface area contributed by atoms with Gasteiger partial charge in [-0.25, -0.2) is 0 Å². The Morgan fingerprint density at radius 3 is 2.88 bits per heavy atom. The summed E-state index contributed by atoms with van der Waals surface area (Å²) in [6, 6.07) is 0. The molecule has 1 saturated heterocycles. The molecule has 0 saturated carbocycles. The molecular formula is C13H24BrNO2. The van der Waals surface area contributed by atoms with Crippen LogP contribution in [-0.2, 0) is 9.53 Å². The highest BCUT2D eigenvalue weighted by molar-refractivity contribution is 9.09. The van der Waals surface area contributed by atoms with Crippen molar-refractivity contribution in [3.63, 3.8) is 0 Å². The number of unbranched alkanes of at least 4 members (excludes halogenated alkanes) is 1. The minimum atomic E-state index is 0.163. The Bertz CT molecular complexity index is 235. The summed E-state index contributed by atoms with van der Waals surface area (Å²) in [7, 11) is 0. The topological polar surface area (TPSA) is 29.5 Å². The highest BCUT2D eigenvalue weighted by Crippen LogP contribution is 2.18. The predicted octanol–water partition coefficient (Wildman–Crippen LogP) is 2.83. The second-order valence-electron chi connectivity index (χ2n) is 4.68. The number of hydrogen-bond acceptors (Lipinski definition) is 2. The molecule has 3 nitrogen and oxygen atoms in total. The molecule has 2 atom stereocenters. The number of morpholine rings is 1. The van der Waals surface area contributed by atoms with E-state index in [9.17, 15) is 4.79 Å². The number of nitrogens with zero attached hydrogens (tertiary/aromatic N) is 1. The van der Waals surface area contributed by atoms with Gasteiger partial charge in [0.2, 0.25) is 5.91 Å². The molecule has 0 spiro atoms. The van der Waals surface area contributed by atoms with E-state index >= 15 is 0 Å². The molecule has 1 amide bonds. The molecule has 0 bridgehead atoms. The van der Waals surface area contributed by atoms with Gasteiger partial charge in [-0.1, -0.05) is 42.6 Å². The Balaban J connectivity index is 2.48. The van der Waals surface area contributed by atoms with Gasteiger partial charge in [-0.15, -0.1) is 0 Å². The molecule has 0 radical (unpaired) electrons. The fraction of sp³-hybridized carbons (Fsp3) is 0.923. The fourth-order valence-electron chi connectivity index (χ4n) is 2.22. The van der Waals surface area contributed by atoms with Crippen molar-refractivity contribution in [2.45, 2.75) is 45.6 Å². The molecule has 100 valence electrons. The number of carbonyl (C=O) groups excluding carboxylic acids is 1. The molecular weight excluding hydrogens is 282 g/mol. The number of rotatable bonds is 6. The number of ether oxygens (including phenoxy) is 1. The summed E-state index contributed by atoms with van der Waals surface area (Å²) < 4.78 is 5.56. The molecule has 0 aromatic rings. The maximum Gasteiger partial charge on any atom is 0.225 e. The zero-order chi connectivity index (χ0) is 12.7. The lowest BCUT2D eigenvalue weighted by Gasteiger charge is -2.34. The van der Waals surface area contributed by atoms with Gasteiger partial charge in [-0.05, 0) is 12.8 Å². The molecule has 17 heavy (non-hydrogen) atoms. The predicted molar refractivity (Wildman–Crippen MR) is 73.4 cm³/mol. The summed E-state index contributed by atoms with van der Waals surface area (Å²) in [5.41, 5.74) is 0. The van der Waals surface area contributed by atoms with E-state index < -0.39 is 0 Å². The zero-order valence-electron chi connectivity index (χ0n) is 11.0. The SMILES string of the molecule is CCCCC(CC)C(=O)N1CCOC(CBr)C1. The Kier molecular flexibility index (Phi) is 7.12. The van der Waals surface area contributed by atoms with Crippen LogP contribution in [0.2, 0.25) is 0 Å². The molecule has 0 aromatic carbocycles. The quantitative estimate of drug-likeness (QED) is 0.706. The van der Waals surface area contributed by atoms with Crippen molar-refractivity contribution < 1.29 is 9.53 Å². The third-order valence-electron chi connectivity index (χ3n) is 3.37. The van der Waals surface area contributed by atoms with Gasteiger partial charge in [-0.2, -0.15) is 0 Å². The number of halogens is 1. The molecule has 0 N–H and O–H groups in total. The summed E-state index contributed by atoms with van der Waals surface area (Å²) in [6.07, 6.45) is 4.46. The minimum Gasteiger partial charge on any atom is -0.374 e. The molecule has 4 heteroatoms. The summed E-state index contributed by atoms with van der Waals surface area (Å²) >= 11 is 3.42. The maximum atomic E-state index is 12.4. The Morgan fingerprint density at radius 1 is 1.53 bits per heavy atom. The highest BCUT2D eigenvalue weighted by atomic mass is 79.9. The average molecular weight is 306 g/mol. The van der Waals surface area contributed by atoms with Crippen LogP contribution in [0.15, 0.2) is 0 Å². The highest BCUT2D eigenvalue weighted by Gasteiger charge is 2.27. The van der Waals surface area contributed by atoms with E-state index in [0.717, 1.165) is 44.1 Å². The molecule has 0 aromatic heterocycles. The largest absolute Gasteiger partial charge is 0.374 e. The van der Waals surface area contributed by atoms with E-state index in [4.69, 9.17) is 4.74 Å². The maximum absolute atomic E-state index is 12.4. The first-order chi connectivity index (χ1) is 8.22. The number of amides is 1. The lowest BCUT2D eigenvalue weighted by Crippen LogP contribution is -2.48. The molecule has 1 rings (SSSR count). The third kappa shape index (κ3) is 4.59. The van der Waals surface area contributed by atoms with Gasteiger partial charge in [0.25, 0.3) is 0 Å². The smallest absolute Gasteiger partial charge is 0.225 e. The van der Waals surface area contributed by atoms with Crippen molar-refractivity contribution >= 4 is 21.8 Å². The number of alkyl halides is 1. The van der Waals surface area contributed by atoms with Crippen molar-refractivity contribution in [2.75, 3.05) is 25.0 Å². The van der Waals surface area contributed by atoms with Crippen LogP contribution in [0.25, 0.3) is 0 Å². The zero-order valence-corrected chi connectivity index (χ0v) is 12.5. The Labute approximate surface area is 113 Å². The van der Waals surface area contributed by atoms with Crippen molar-refractivity contribution in [3.8, 4) is 0 Å². The van der Waals surface area contributed by atoms with Crippen LogP contribution in [-0.4, -0.2) is 41.9 Å². The van der Waals surface area contributed by atoms with Gasteiger partial charge < -0.3 is 9.64 Å². The molecule has 1 aliphatic heterocycles. The van der Waals surface area contributed by atoms with Gasteiger partial charge in [0, 0.05) is 24.3 Å². The van der Waals surface area contributed by atoms with Gasteiger partial charge in [0.15, 0.2) is 0 Å². The second-order valence-corrected chi connectivity index (χ2v) is 5.33. The van der Waals surface area contributed by atoms with E-state index in [2.05, 4.69) is 29.8 Å². The Morgan fingerprint density at radius 2 is 2.29 bits per heavy atom. The molecule has 1 heterocycles. The van der Waals surface area contributed by atoms with Crippen LogP contribution >= 0.6 is 15.9 Å². The summed E-state index contributed by atoms with van der Waals surface area (Å²) in [6.45, 7) is 6.46. The Hall–Kier alpha value is -0.0900. The van der Waals surface area contributed by atoms with Crippen LogP contribution in [0, 0.1) is 5.92 Å². The molecule has 2 unspecified atom stereocenters. The first-order valence-corrected chi connectivity index (χ1v) is 7.81. The normalized spacial score (nSPS) is 22.5. The molecule has 0 aliphatic carbocycles. The first kappa shape index (κ1) is 15.0. The van der Waals surface area contributed by atoms with E-state index in [0.29, 0.717) is 12.5 Å². The second kappa shape index (κ2) is 8.09. The standard InChI is InChI=1S/C13H24BrNO2/c1-3-5-6-11(4-2)13(16)15-7-8-17-12(9-14)10-15/h11-12H,3-10H2,1-2H3. The lowest BCUT2D eigenvalue weighted by atomic mass is 9.97. The monoisotopic (exact) mass is 305 g/mol. The first-order valence-electron chi connectivity index (χ1n) is 6.69. The summed E-state index contributed by atoms with van der Waals surface area (Å²) in [4.78, 5) is 14.3. The number of hydrogen-bond donors (Lipinski definition) is 0. The third-order valence-corrected chi connectivity index (χ3v) is 4.09. The van der Waals surface area contributed by atoms with Crippen LogP contribution in [0.4, 0.5) is 0 Å². The van der Waals surface area contributed by atoms with Crippen LogP contribution in [0.1, 0.15) is 39.5 Å². The molecule has 1 fully saturated rings. The van der Waals surface area contributed by atoms with Crippen molar-refractivity contribution in [2.24, 2.45) is 5.92 Å². The summed E-state index contributed by atoms with van der Waals surface area (Å²) in [5.74, 6) is 0.541. The minimum absolute atomic E-state index is 0.163. The van der Waals surface area contributed by atoms with E-state index in [1.165, 1.54) is 0 Å². The number of carbonyl (C=O) groups is 1. The lowest BCUT2D eigenvalue weighted by molar-refractivity contribution is -0.142.